The summed E-state index contributed by atoms with van der Waals surface area (Å²) < 4.78 is 16.1. The number of hydrogen-bond donors (Lipinski definition) is 0. The summed E-state index contributed by atoms with van der Waals surface area (Å²) in [4.78, 5) is 37.1. The lowest BCUT2D eigenvalue weighted by atomic mass is 9.63. The summed E-state index contributed by atoms with van der Waals surface area (Å²) in [6, 6.07) is 9.70. The Kier molecular flexibility index (Phi) is 8.18. The van der Waals surface area contributed by atoms with Crippen molar-refractivity contribution < 1.29 is 28.6 Å². The Morgan fingerprint density at radius 2 is 1.79 bits per heavy atom. The van der Waals surface area contributed by atoms with Crippen molar-refractivity contribution >= 4 is 17.7 Å². The fourth-order valence-electron chi connectivity index (χ4n) is 3.17. The first-order chi connectivity index (χ1) is 13.4. The van der Waals surface area contributed by atoms with Crippen LogP contribution in [-0.4, -0.2) is 37.0 Å². The SMILES string of the molecule is CCOC(=O)CC(=O)C1(C(=O)OCCC(C)C)CC(OCc2ccccc2)C1. The summed E-state index contributed by atoms with van der Waals surface area (Å²) in [7, 11) is 0. The molecule has 1 fully saturated rings. The molecular weight excluding hydrogens is 360 g/mol. The monoisotopic (exact) mass is 390 g/mol. The molecule has 0 atom stereocenters. The van der Waals surface area contributed by atoms with Crippen LogP contribution in [-0.2, 0) is 35.2 Å². The van der Waals surface area contributed by atoms with E-state index in [4.69, 9.17) is 14.2 Å². The van der Waals surface area contributed by atoms with Crippen molar-refractivity contribution in [3.8, 4) is 0 Å². The highest BCUT2D eigenvalue weighted by Crippen LogP contribution is 2.46. The fourth-order valence-corrected chi connectivity index (χ4v) is 3.17. The van der Waals surface area contributed by atoms with Crippen LogP contribution >= 0.6 is 0 Å². The first kappa shape index (κ1) is 22.1. The van der Waals surface area contributed by atoms with Gasteiger partial charge in [0.25, 0.3) is 0 Å². The summed E-state index contributed by atoms with van der Waals surface area (Å²) in [6.45, 7) is 6.62. The van der Waals surface area contributed by atoms with Gasteiger partial charge in [-0.15, -0.1) is 0 Å². The van der Waals surface area contributed by atoms with Gasteiger partial charge in [0.15, 0.2) is 5.78 Å². The molecule has 0 bridgehead atoms. The second kappa shape index (κ2) is 10.4. The third-order valence-corrected chi connectivity index (χ3v) is 4.94. The summed E-state index contributed by atoms with van der Waals surface area (Å²) in [6.07, 6.45) is 0.557. The smallest absolute Gasteiger partial charge is 0.319 e. The van der Waals surface area contributed by atoms with E-state index in [9.17, 15) is 14.4 Å². The van der Waals surface area contributed by atoms with Crippen LogP contribution in [0.15, 0.2) is 30.3 Å². The Bertz CT molecular complexity index is 661. The standard InChI is InChI=1S/C22H30O6/c1-4-26-20(24)12-19(23)22(21(25)27-11-10-16(2)3)13-18(14-22)28-15-17-8-6-5-7-9-17/h5-9,16,18H,4,10-15H2,1-3H3. The zero-order valence-electron chi connectivity index (χ0n) is 16.9. The van der Waals surface area contributed by atoms with E-state index >= 15 is 0 Å². The van der Waals surface area contributed by atoms with Crippen molar-refractivity contribution in [3.05, 3.63) is 35.9 Å². The molecule has 0 N–H and O–H groups in total. The number of esters is 2. The van der Waals surface area contributed by atoms with E-state index in [1.165, 1.54) is 0 Å². The molecule has 0 spiro atoms. The molecule has 0 saturated heterocycles. The molecule has 1 saturated carbocycles. The summed E-state index contributed by atoms with van der Waals surface area (Å²) in [5.74, 6) is -1.22. The van der Waals surface area contributed by atoms with E-state index in [0.29, 0.717) is 12.5 Å². The van der Waals surface area contributed by atoms with Crippen molar-refractivity contribution in [1.29, 1.82) is 0 Å². The van der Waals surface area contributed by atoms with Crippen molar-refractivity contribution in [2.75, 3.05) is 13.2 Å². The highest BCUT2D eigenvalue weighted by atomic mass is 16.5. The van der Waals surface area contributed by atoms with Gasteiger partial charge in [-0.05, 0) is 37.7 Å². The van der Waals surface area contributed by atoms with Gasteiger partial charge < -0.3 is 14.2 Å². The highest BCUT2D eigenvalue weighted by Gasteiger charge is 2.57. The van der Waals surface area contributed by atoms with E-state index in [1.807, 2.05) is 44.2 Å². The number of carbonyl (C=O) groups is 3. The van der Waals surface area contributed by atoms with Gasteiger partial charge >= 0.3 is 11.9 Å². The highest BCUT2D eigenvalue weighted by molar-refractivity contribution is 6.10. The number of rotatable bonds is 11. The Morgan fingerprint density at radius 1 is 1.11 bits per heavy atom. The summed E-state index contributed by atoms with van der Waals surface area (Å²) in [5, 5.41) is 0. The molecule has 2 rings (SSSR count). The molecule has 1 aromatic carbocycles. The third-order valence-electron chi connectivity index (χ3n) is 4.94. The number of carbonyl (C=O) groups excluding carboxylic acids is 3. The van der Waals surface area contributed by atoms with Gasteiger partial charge in [-0.1, -0.05) is 44.2 Å². The lowest BCUT2D eigenvalue weighted by Gasteiger charge is -2.43. The number of hydrogen-bond acceptors (Lipinski definition) is 6. The number of ether oxygens (including phenoxy) is 3. The van der Waals surface area contributed by atoms with Gasteiger partial charge in [-0.3, -0.25) is 14.4 Å². The topological polar surface area (TPSA) is 78.9 Å². The van der Waals surface area contributed by atoms with Crippen molar-refractivity contribution in [2.24, 2.45) is 11.3 Å². The first-order valence-electron chi connectivity index (χ1n) is 9.89. The van der Waals surface area contributed by atoms with Crippen LogP contribution in [0.3, 0.4) is 0 Å². The largest absolute Gasteiger partial charge is 0.466 e. The van der Waals surface area contributed by atoms with Crippen LogP contribution in [0.5, 0.6) is 0 Å². The van der Waals surface area contributed by atoms with Crippen LogP contribution in [0.4, 0.5) is 0 Å². The molecule has 6 nitrogen and oxygen atoms in total. The molecule has 0 aliphatic heterocycles. The third kappa shape index (κ3) is 5.89. The lowest BCUT2D eigenvalue weighted by molar-refractivity contribution is -0.180. The maximum atomic E-state index is 12.7. The minimum Gasteiger partial charge on any atom is -0.466 e. The maximum absolute atomic E-state index is 12.7. The molecule has 0 aromatic heterocycles. The second-order valence-corrected chi connectivity index (χ2v) is 7.63. The minimum atomic E-state index is -1.30. The molecule has 6 heteroatoms. The molecular formula is C22H30O6. The predicted molar refractivity (Wildman–Crippen MR) is 103 cm³/mol. The van der Waals surface area contributed by atoms with Gasteiger partial charge in [0.1, 0.15) is 11.8 Å². The average molecular weight is 390 g/mol. The van der Waals surface area contributed by atoms with Crippen molar-refractivity contribution in [3.63, 3.8) is 0 Å². The van der Waals surface area contributed by atoms with Gasteiger partial charge in [-0.25, -0.2) is 0 Å². The zero-order chi connectivity index (χ0) is 20.6. The molecule has 1 aromatic rings. The number of Topliss-reactive ketones (excluding diaryl/α,β-unsaturated/α-hetero) is 1. The quantitative estimate of drug-likeness (QED) is 0.425. The minimum absolute atomic E-state index is 0.195. The molecule has 0 heterocycles. The molecule has 0 amide bonds. The Balaban J connectivity index is 1.96. The molecule has 1 aliphatic rings. The van der Waals surface area contributed by atoms with E-state index < -0.39 is 29.6 Å². The molecule has 28 heavy (non-hydrogen) atoms. The molecule has 0 unspecified atom stereocenters. The molecule has 154 valence electrons. The Hall–Kier alpha value is -2.21. The van der Waals surface area contributed by atoms with Crippen LogP contribution in [0.1, 0.15) is 52.0 Å². The number of ketones is 1. The van der Waals surface area contributed by atoms with Crippen LogP contribution in [0.2, 0.25) is 0 Å². The van der Waals surface area contributed by atoms with Crippen LogP contribution in [0, 0.1) is 11.3 Å². The van der Waals surface area contributed by atoms with E-state index in [1.54, 1.807) is 6.92 Å². The van der Waals surface area contributed by atoms with Gasteiger partial charge in [-0.2, -0.15) is 0 Å². The van der Waals surface area contributed by atoms with E-state index in [2.05, 4.69) is 0 Å². The van der Waals surface area contributed by atoms with Gasteiger partial charge in [0.2, 0.25) is 0 Å². The summed E-state index contributed by atoms with van der Waals surface area (Å²) in [5.41, 5.74) is -0.275. The first-order valence-corrected chi connectivity index (χ1v) is 9.89. The number of benzene rings is 1. The lowest BCUT2D eigenvalue weighted by Crippen LogP contribution is -2.54. The molecule has 1 aliphatic carbocycles. The predicted octanol–water partition coefficient (Wildman–Crippen LogP) is 3.46. The van der Waals surface area contributed by atoms with Crippen LogP contribution < -0.4 is 0 Å². The Labute approximate surface area is 166 Å². The van der Waals surface area contributed by atoms with Crippen molar-refractivity contribution in [2.45, 2.75) is 59.2 Å². The van der Waals surface area contributed by atoms with Gasteiger partial charge in [0.05, 0.1) is 25.9 Å². The zero-order valence-corrected chi connectivity index (χ0v) is 16.9. The van der Waals surface area contributed by atoms with Crippen LogP contribution in [0.25, 0.3) is 0 Å². The van der Waals surface area contributed by atoms with E-state index in [-0.39, 0.29) is 32.2 Å². The Morgan fingerprint density at radius 3 is 2.39 bits per heavy atom. The average Bonchev–Trinajstić information content (AvgIpc) is 2.61. The second-order valence-electron chi connectivity index (χ2n) is 7.63. The van der Waals surface area contributed by atoms with Crippen molar-refractivity contribution in [1.82, 2.24) is 0 Å². The normalized spacial score (nSPS) is 21.1. The summed E-state index contributed by atoms with van der Waals surface area (Å²) >= 11 is 0. The van der Waals surface area contributed by atoms with Gasteiger partial charge in [0, 0.05) is 0 Å². The molecule has 0 radical (unpaired) electrons. The fraction of sp³-hybridized carbons (Fsp3) is 0.591. The van der Waals surface area contributed by atoms with E-state index in [0.717, 1.165) is 12.0 Å². The maximum Gasteiger partial charge on any atom is 0.319 e.